The highest BCUT2D eigenvalue weighted by molar-refractivity contribution is 5.93. The summed E-state index contributed by atoms with van der Waals surface area (Å²) < 4.78 is 0. The average molecular weight is 259 g/mol. The fourth-order valence-electron chi connectivity index (χ4n) is 1.34. The second-order valence-electron chi connectivity index (χ2n) is 3.65. The van der Waals surface area contributed by atoms with Crippen molar-refractivity contribution in [3.05, 3.63) is 30.1 Å². The molecule has 98 valence electrons. The Labute approximate surface area is 108 Å². The van der Waals surface area contributed by atoms with Crippen LogP contribution in [0.15, 0.2) is 34.3 Å². The molecule has 1 aromatic carbocycles. The predicted molar refractivity (Wildman–Crippen MR) is 71.0 cm³/mol. The third-order valence-electron chi connectivity index (χ3n) is 2.08. The van der Waals surface area contributed by atoms with Gasteiger partial charge in [0.15, 0.2) is 11.8 Å². The Morgan fingerprint density at radius 2 is 1.84 bits per heavy atom. The van der Waals surface area contributed by atoms with Gasteiger partial charge in [0.05, 0.1) is 11.4 Å². The molecule has 9 nitrogen and oxygen atoms in total. The van der Waals surface area contributed by atoms with E-state index < -0.39 is 0 Å². The Morgan fingerprint density at radius 1 is 1.16 bits per heavy atom. The van der Waals surface area contributed by atoms with E-state index in [-0.39, 0.29) is 11.9 Å². The number of rotatable bonds is 2. The van der Waals surface area contributed by atoms with Crippen LogP contribution in [0.5, 0.6) is 0 Å². The molecular formula is C10H13N9. The molecule has 6 N–H and O–H groups in total. The van der Waals surface area contributed by atoms with Crippen LogP contribution in [0.3, 0.4) is 0 Å². The molecule has 0 bridgehead atoms. The molecule has 1 aromatic heterocycles. The van der Waals surface area contributed by atoms with Crippen LogP contribution in [-0.2, 0) is 0 Å². The molecule has 0 saturated carbocycles. The molecule has 2 rings (SSSR count). The average Bonchev–Trinajstić information content (AvgIpc) is 2.75. The molecular weight excluding hydrogens is 246 g/mol. The third-order valence-corrected chi connectivity index (χ3v) is 2.08. The second-order valence-corrected chi connectivity index (χ2v) is 3.65. The summed E-state index contributed by atoms with van der Waals surface area (Å²) in [5.41, 5.74) is 17.3. The van der Waals surface area contributed by atoms with Crippen molar-refractivity contribution in [2.45, 2.75) is 6.92 Å². The first kappa shape index (κ1) is 12.5. The van der Waals surface area contributed by atoms with Crippen LogP contribution >= 0.6 is 0 Å². The minimum absolute atomic E-state index is 0.0116. The zero-order chi connectivity index (χ0) is 13.8. The smallest absolute Gasteiger partial charge is 0.223 e. The van der Waals surface area contributed by atoms with Gasteiger partial charge in [0.2, 0.25) is 5.96 Å². The van der Waals surface area contributed by atoms with Gasteiger partial charge in [0, 0.05) is 0 Å². The van der Waals surface area contributed by atoms with E-state index >= 15 is 0 Å². The topological polar surface area (TPSA) is 146 Å². The van der Waals surface area contributed by atoms with Crippen LogP contribution < -0.4 is 17.2 Å². The van der Waals surface area contributed by atoms with Gasteiger partial charge >= 0.3 is 0 Å². The lowest BCUT2D eigenvalue weighted by Crippen LogP contribution is -2.26. The first-order chi connectivity index (χ1) is 9.04. The van der Waals surface area contributed by atoms with E-state index in [0.29, 0.717) is 11.5 Å². The minimum atomic E-state index is -0.139. The summed E-state index contributed by atoms with van der Waals surface area (Å²) in [5, 5.41) is 11.8. The first-order valence-corrected chi connectivity index (χ1v) is 5.35. The van der Waals surface area contributed by atoms with Crippen LogP contribution in [0.4, 0.5) is 5.69 Å². The lowest BCUT2D eigenvalue weighted by atomic mass is 10.3. The fraction of sp³-hybridized carbons (Fsp3) is 0.100. The Morgan fingerprint density at radius 3 is 2.37 bits per heavy atom. The number of benzene rings is 1. The summed E-state index contributed by atoms with van der Waals surface area (Å²) in [5.74, 6) is 0.446. The minimum Gasteiger partial charge on any atom is -0.370 e. The zero-order valence-electron chi connectivity index (χ0n) is 10.2. The molecule has 0 unspecified atom stereocenters. The lowest BCUT2D eigenvalue weighted by Gasteiger charge is -1.99. The van der Waals surface area contributed by atoms with Crippen LogP contribution in [-0.4, -0.2) is 32.1 Å². The van der Waals surface area contributed by atoms with Crippen molar-refractivity contribution in [3.63, 3.8) is 0 Å². The maximum Gasteiger partial charge on any atom is 0.223 e. The lowest BCUT2D eigenvalue weighted by molar-refractivity contribution is 0.719. The van der Waals surface area contributed by atoms with Gasteiger partial charge in [-0.25, -0.2) is 4.99 Å². The number of hydrogen-bond donors (Lipinski definition) is 3. The number of tetrazole rings is 1. The molecule has 0 aliphatic carbocycles. The van der Waals surface area contributed by atoms with Gasteiger partial charge in [-0.05, 0) is 36.4 Å². The highest BCUT2D eigenvalue weighted by Crippen LogP contribution is 2.14. The standard InChI is InChI=1S/C10H13N9/c1-6-16-18-19(17-6)8-4-2-7(3-5-8)14-10(13)15-9(11)12/h2-5H,1H3,(H6,11,12,13,14,15). The quantitative estimate of drug-likeness (QED) is 0.474. The van der Waals surface area contributed by atoms with E-state index in [9.17, 15) is 0 Å². The van der Waals surface area contributed by atoms with Gasteiger partial charge in [0.25, 0.3) is 0 Å². The highest BCUT2D eigenvalue weighted by atomic mass is 15.6. The number of nitrogens with two attached hydrogens (primary N) is 3. The van der Waals surface area contributed by atoms with E-state index in [2.05, 4.69) is 25.4 Å². The summed E-state index contributed by atoms with van der Waals surface area (Å²) >= 11 is 0. The number of guanidine groups is 2. The van der Waals surface area contributed by atoms with Crippen LogP contribution in [0.25, 0.3) is 5.69 Å². The van der Waals surface area contributed by atoms with Gasteiger partial charge < -0.3 is 17.2 Å². The largest absolute Gasteiger partial charge is 0.370 e. The van der Waals surface area contributed by atoms with Crippen molar-refractivity contribution < 1.29 is 0 Å². The molecule has 0 atom stereocenters. The van der Waals surface area contributed by atoms with E-state index in [1.807, 2.05) is 0 Å². The maximum absolute atomic E-state index is 5.52. The van der Waals surface area contributed by atoms with Crippen molar-refractivity contribution in [3.8, 4) is 5.69 Å². The summed E-state index contributed by atoms with van der Waals surface area (Å²) in [6.07, 6.45) is 0. The molecule has 0 aliphatic heterocycles. The number of hydrogen-bond acceptors (Lipinski definition) is 4. The van der Waals surface area contributed by atoms with Crippen molar-refractivity contribution in [2.24, 2.45) is 27.2 Å². The molecule has 19 heavy (non-hydrogen) atoms. The Balaban J connectivity index is 2.22. The number of nitrogens with zero attached hydrogens (tertiary/aromatic N) is 6. The molecule has 0 amide bonds. The molecule has 2 aromatic rings. The van der Waals surface area contributed by atoms with E-state index in [1.165, 1.54) is 4.80 Å². The summed E-state index contributed by atoms with van der Waals surface area (Å²) in [6.45, 7) is 1.76. The maximum atomic E-state index is 5.52. The molecule has 0 radical (unpaired) electrons. The number of aryl methyl sites for hydroxylation is 1. The van der Waals surface area contributed by atoms with Gasteiger partial charge in [0.1, 0.15) is 0 Å². The van der Waals surface area contributed by atoms with Crippen molar-refractivity contribution >= 4 is 17.6 Å². The van der Waals surface area contributed by atoms with E-state index in [0.717, 1.165) is 5.69 Å². The van der Waals surface area contributed by atoms with Gasteiger partial charge in [-0.3, -0.25) is 0 Å². The Bertz CT molecular complexity index is 619. The zero-order valence-corrected chi connectivity index (χ0v) is 10.2. The van der Waals surface area contributed by atoms with Crippen molar-refractivity contribution in [1.82, 2.24) is 20.2 Å². The molecule has 0 aliphatic rings. The SMILES string of the molecule is Cc1nnn(-c2ccc(N=C(N)N=C(N)N)cc2)n1. The van der Waals surface area contributed by atoms with E-state index in [1.54, 1.807) is 31.2 Å². The van der Waals surface area contributed by atoms with Gasteiger partial charge in [-0.2, -0.15) is 4.99 Å². The van der Waals surface area contributed by atoms with Crippen molar-refractivity contribution in [2.75, 3.05) is 0 Å². The van der Waals surface area contributed by atoms with Crippen LogP contribution in [0.1, 0.15) is 5.82 Å². The summed E-state index contributed by atoms with van der Waals surface area (Å²) in [4.78, 5) is 9.06. The van der Waals surface area contributed by atoms with Gasteiger partial charge in [-0.15, -0.1) is 15.0 Å². The summed E-state index contributed by atoms with van der Waals surface area (Å²) in [7, 11) is 0. The number of aromatic nitrogens is 4. The molecule has 1 heterocycles. The van der Waals surface area contributed by atoms with Crippen molar-refractivity contribution in [1.29, 1.82) is 0 Å². The van der Waals surface area contributed by atoms with Crippen LogP contribution in [0.2, 0.25) is 0 Å². The highest BCUT2D eigenvalue weighted by Gasteiger charge is 2.01. The predicted octanol–water partition coefficient (Wildman–Crippen LogP) is -0.810. The first-order valence-electron chi connectivity index (χ1n) is 5.35. The monoisotopic (exact) mass is 259 g/mol. The molecule has 0 fully saturated rings. The summed E-state index contributed by atoms with van der Waals surface area (Å²) in [6, 6.07) is 7.04. The van der Waals surface area contributed by atoms with E-state index in [4.69, 9.17) is 17.2 Å². The van der Waals surface area contributed by atoms with Crippen LogP contribution in [0, 0.1) is 6.92 Å². The number of aliphatic imine (C=N–C) groups is 2. The molecule has 0 saturated heterocycles. The Kier molecular flexibility index (Phi) is 3.37. The molecule has 9 heteroatoms. The molecule has 0 spiro atoms. The second kappa shape index (κ2) is 5.12. The van der Waals surface area contributed by atoms with Gasteiger partial charge in [-0.1, -0.05) is 0 Å². The fourth-order valence-corrected chi connectivity index (χ4v) is 1.34. The Hall–Kier alpha value is -2.97. The normalized spacial score (nSPS) is 11.3. The third kappa shape index (κ3) is 3.25.